The molecule has 18 heavy (non-hydrogen) atoms. The smallest absolute Gasteiger partial charge is 0.187 e. The lowest BCUT2D eigenvalue weighted by molar-refractivity contribution is 0.817. The van der Waals surface area contributed by atoms with Gasteiger partial charge in [0.15, 0.2) is 5.16 Å². The van der Waals surface area contributed by atoms with Gasteiger partial charge < -0.3 is 5.73 Å². The van der Waals surface area contributed by atoms with Gasteiger partial charge in [0.05, 0.1) is 0 Å². The molecule has 1 heterocycles. The maximum atomic E-state index is 6.22. The quantitative estimate of drug-likeness (QED) is 0.677. The Hall–Kier alpha value is -1.39. The van der Waals surface area contributed by atoms with Gasteiger partial charge >= 0.3 is 0 Å². The third-order valence-corrected chi connectivity index (χ3v) is 3.75. The van der Waals surface area contributed by atoms with Gasteiger partial charge in [0.2, 0.25) is 0 Å². The molecule has 1 aromatic carbocycles. The topological polar surface area (TPSA) is 51.8 Å². The zero-order valence-corrected chi connectivity index (χ0v) is 11.4. The maximum absolute atomic E-state index is 6.22. The van der Waals surface area contributed by atoms with Crippen molar-refractivity contribution in [2.24, 2.45) is 5.73 Å². The predicted octanol–water partition coefficient (Wildman–Crippen LogP) is 2.89. The van der Waals surface area contributed by atoms with Crippen LogP contribution >= 0.6 is 11.8 Å². The Morgan fingerprint density at radius 1 is 1.22 bits per heavy atom. The molecule has 3 nitrogen and oxygen atoms in total. The van der Waals surface area contributed by atoms with Crippen LogP contribution in [-0.4, -0.2) is 15.7 Å². The summed E-state index contributed by atoms with van der Waals surface area (Å²) in [6.07, 6.45) is 3.50. The molecule has 4 heteroatoms. The van der Waals surface area contributed by atoms with Gasteiger partial charge in [0, 0.05) is 24.2 Å². The van der Waals surface area contributed by atoms with Crippen LogP contribution in [-0.2, 0) is 0 Å². The van der Waals surface area contributed by atoms with E-state index in [0.29, 0.717) is 0 Å². The molecule has 0 aliphatic carbocycles. The van der Waals surface area contributed by atoms with Gasteiger partial charge in [-0.3, -0.25) is 0 Å². The zero-order chi connectivity index (χ0) is 13.0. The lowest BCUT2D eigenvalue weighted by Gasteiger charge is -2.14. The van der Waals surface area contributed by atoms with Crippen LogP contribution in [0.5, 0.6) is 0 Å². The van der Waals surface area contributed by atoms with Crippen molar-refractivity contribution in [1.29, 1.82) is 0 Å². The van der Waals surface area contributed by atoms with E-state index in [2.05, 4.69) is 42.0 Å². The fourth-order valence-electron chi connectivity index (χ4n) is 1.86. The Bertz CT molecular complexity index is 514. The second-order valence-electron chi connectivity index (χ2n) is 4.31. The number of aryl methyl sites for hydroxylation is 2. The monoisotopic (exact) mass is 259 g/mol. The fourth-order valence-corrected chi connectivity index (χ4v) is 2.63. The minimum absolute atomic E-state index is 0.0133. The SMILES string of the molecule is Cc1ccc(C(N)CSc2ncccn2)c(C)c1. The van der Waals surface area contributed by atoms with E-state index >= 15 is 0 Å². The molecule has 0 spiro atoms. The van der Waals surface area contributed by atoms with Crippen molar-refractivity contribution in [3.05, 3.63) is 53.3 Å². The first kappa shape index (κ1) is 13.1. The molecule has 0 radical (unpaired) electrons. The molecule has 2 N–H and O–H groups in total. The number of nitrogens with two attached hydrogens (primary N) is 1. The standard InChI is InChI=1S/C14H17N3S/c1-10-4-5-12(11(2)8-10)13(15)9-18-14-16-6-3-7-17-14/h3-8,13H,9,15H2,1-2H3. The van der Waals surface area contributed by atoms with E-state index in [4.69, 9.17) is 5.73 Å². The molecular weight excluding hydrogens is 242 g/mol. The van der Waals surface area contributed by atoms with Gasteiger partial charge in [0.25, 0.3) is 0 Å². The van der Waals surface area contributed by atoms with Gasteiger partial charge in [-0.05, 0) is 31.0 Å². The number of nitrogens with zero attached hydrogens (tertiary/aromatic N) is 2. The molecule has 0 aliphatic rings. The largest absolute Gasteiger partial charge is 0.323 e. The van der Waals surface area contributed by atoms with Gasteiger partial charge in [-0.15, -0.1) is 0 Å². The predicted molar refractivity (Wildman–Crippen MR) is 75.6 cm³/mol. The first-order chi connectivity index (χ1) is 8.66. The Balaban J connectivity index is 2.01. The van der Waals surface area contributed by atoms with Gasteiger partial charge in [0.1, 0.15) is 0 Å². The van der Waals surface area contributed by atoms with Crippen molar-refractivity contribution >= 4 is 11.8 Å². The molecule has 2 rings (SSSR count). The average Bonchev–Trinajstić information content (AvgIpc) is 2.37. The molecule has 0 fully saturated rings. The Kier molecular flexibility index (Phi) is 4.33. The molecule has 0 amide bonds. The summed E-state index contributed by atoms with van der Waals surface area (Å²) in [5.41, 5.74) is 9.93. The molecule has 0 aliphatic heterocycles. The van der Waals surface area contributed by atoms with E-state index in [1.165, 1.54) is 16.7 Å². The zero-order valence-electron chi connectivity index (χ0n) is 10.6. The second-order valence-corrected chi connectivity index (χ2v) is 5.30. The summed E-state index contributed by atoms with van der Waals surface area (Å²) in [5.74, 6) is 0.786. The molecular formula is C14H17N3S. The van der Waals surface area contributed by atoms with Crippen LogP contribution in [0.2, 0.25) is 0 Å². The Morgan fingerprint density at radius 3 is 2.61 bits per heavy atom. The van der Waals surface area contributed by atoms with E-state index in [9.17, 15) is 0 Å². The molecule has 2 aromatic rings. The molecule has 1 atom stereocenters. The number of rotatable bonds is 4. The maximum Gasteiger partial charge on any atom is 0.187 e. The van der Waals surface area contributed by atoms with Gasteiger partial charge in [-0.25, -0.2) is 9.97 Å². The summed E-state index contributed by atoms with van der Waals surface area (Å²) < 4.78 is 0. The lowest BCUT2D eigenvalue weighted by Crippen LogP contribution is -2.14. The van der Waals surface area contributed by atoms with E-state index in [0.717, 1.165) is 10.9 Å². The number of hydrogen-bond acceptors (Lipinski definition) is 4. The van der Waals surface area contributed by atoms with Crippen LogP contribution in [0.3, 0.4) is 0 Å². The summed E-state index contributed by atoms with van der Waals surface area (Å²) >= 11 is 1.59. The van der Waals surface area contributed by atoms with E-state index in [-0.39, 0.29) is 6.04 Å². The number of aromatic nitrogens is 2. The van der Waals surface area contributed by atoms with Crippen molar-refractivity contribution in [2.75, 3.05) is 5.75 Å². The highest BCUT2D eigenvalue weighted by Crippen LogP contribution is 2.23. The van der Waals surface area contributed by atoms with Crippen molar-refractivity contribution in [3.63, 3.8) is 0 Å². The van der Waals surface area contributed by atoms with E-state index in [1.807, 2.05) is 6.07 Å². The minimum Gasteiger partial charge on any atom is -0.323 e. The number of benzene rings is 1. The van der Waals surface area contributed by atoms with E-state index < -0.39 is 0 Å². The Morgan fingerprint density at radius 2 is 1.94 bits per heavy atom. The summed E-state index contributed by atoms with van der Waals surface area (Å²) in [5, 5.41) is 0.776. The van der Waals surface area contributed by atoms with Gasteiger partial charge in [-0.1, -0.05) is 35.5 Å². The number of hydrogen-bond donors (Lipinski definition) is 1. The van der Waals surface area contributed by atoms with E-state index in [1.54, 1.807) is 24.2 Å². The molecule has 0 saturated carbocycles. The summed E-state index contributed by atoms with van der Waals surface area (Å²) in [7, 11) is 0. The Labute approximate surface area is 112 Å². The van der Waals surface area contributed by atoms with Crippen LogP contribution in [0.4, 0.5) is 0 Å². The molecule has 94 valence electrons. The van der Waals surface area contributed by atoms with Crippen LogP contribution in [0.15, 0.2) is 41.8 Å². The van der Waals surface area contributed by atoms with Crippen molar-refractivity contribution in [2.45, 2.75) is 25.0 Å². The third-order valence-electron chi connectivity index (χ3n) is 2.76. The van der Waals surface area contributed by atoms with Crippen LogP contribution in [0.25, 0.3) is 0 Å². The molecule has 1 unspecified atom stereocenters. The second kappa shape index (κ2) is 5.98. The highest BCUT2D eigenvalue weighted by molar-refractivity contribution is 7.99. The highest BCUT2D eigenvalue weighted by Gasteiger charge is 2.10. The first-order valence-corrected chi connectivity index (χ1v) is 6.88. The van der Waals surface area contributed by atoms with Crippen LogP contribution in [0.1, 0.15) is 22.7 Å². The van der Waals surface area contributed by atoms with Crippen molar-refractivity contribution < 1.29 is 0 Å². The normalized spacial score (nSPS) is 12.4. The molecule has 1 aromatic heterocycles. The van der Waals surface area contributed by atoms with Crippen LogP contribution < -0.4 is 5.73 Å². The summed E-state index contributed by atoms with van der Waals surface area (Å²) in [4.78, 5) is 8.35. The summed E-state index contributed by atoms with van der Waals surface area (Å²) in [6, 6.07) is 8.21. The first-order valence-electron chi connectivity index (χ1n) is 5.89. The molecule has 0 saturated heterocycles. The summed E-state index contributed by atoms with van der Waals surface area (Å²) in [6.45, 7) is 4.20. The minimum atomic E-state index is 0.0133. The van der Waals surface area contributed by atoms with Crippen LogP contribution in [0, 0.1) is 13.8 Å². The molecule has 0 bridgehead atoms. The third kappa shape index (κ3) is 3.31. The van der Waals surface area contributed by atoms with Crippen molar-refractivity contribution in [3.8, 4) is 0 Å². The average molecular weight is 259 g/mol. The fraction of sp³-hybridized carbons (Fsp3) is 0.286. The van der Waals surface area contributed by atoms with Gasteiger partial charge in [-0.2, -0.15) is 0 Å². The van der Waals surface area contributed by atoms with Crippen molar-refractivity contribution in [1.82, 2.24) is 9.97 Å². The number of thioether (sulfide) groups is 1. The highest BCUT2D eigenvalue weighted by atomic mass is 32.2. The lowest BCUT2D eigenvalue weighted by atomic mass is 10.0.